The summed E-state index contributed by atoms with van der Waals surface area (Å²) in [7, 11) is 2.65. The molecule has 0 bridgehead atoms. The molecule has 306 valence electrons. The van der Waals surface area contributed by atoms with Crippen molar-refractivity contribution in [2.45, 2.75) is 78.9 Å². The van der Waals surface area contributed by atoms with Crippen LogP contribution in [0.3, 0.4) is 0 Å². The standard InChI is InChI=1S/C45H55N7O6/c1-24(2)32(21-39(53)57-7)43(54)51-22-26(5)17-37(51)41-46-33-15-13-30(19-35(33)48-41)28-9-11-29(12-10-28)31-14-16-34-36(20-31)49-42(47-34)38-18-27(6)23-52(38)44(55)40(25(3)4)50-45(56)58-8/h9-16,19-20,24-27,32,37-38,40H,17-18,21-23H2,1-8H3,(H,46,48)(H,47,49)(H,50,56)/t26-,27-,32-,37-,38-,40-/m0/s1. The third-order valence-electron chi connectivity index (χ3n) is 11.9. The molecule has 0 spiro atoms. The van der Waals surface area contributed by atoms with Gasteiger partial charge in [0.25, 0.3) is 0 Å². The summed E-state index contributed by atoms with van der Waals surface area (Å²) in [5.41, 5.74) is 7.63. The summed E-state index contributed by atoms with van der Waals surface area (Å²) in [6.07, 6.45) is 0.998. The second kappa shape index (κ2) is 16.6. The fraction of sp³-hybridized carbons (Fsp3) is 0.467. The molecule has 3 aromatic carbocycles. The molecule has 2 fully saturated rings. The first kappa shape index (κ1) is 40.5. The molecule has 2 saturated heterocycles. The van der Waals surface area contributed by atoms with Crippen LogP contribution in [0.1, 0.15) is 84.5 Å². The van der Waals surface area contributed by atoms with Gasteiger partial charge in [-0.05, 0) is 83.0 Å². The lowest BCUT2D eigenvalue weighted by Crippen LogP contribution is -2.51. The van der Waals surface area contributed by atoms with Crippen LogP contribution in [-0.2, 0) is 23.9 Å². The van der Waals surface area contributed by atoms with Gasteiger partial charge in [-0.25, -0.2) is 14.8 Å². The molecule has 58 heavy (non-hydrogen) atoms. The summed E-state index contributed by atoms with van der Waals surface area (Å²) >= 11 is 0. The van der Waals surface area contributed by atoms with Crippen molar-refractivity contribution in [3.63, 3.8) is 0 Å². The van der Waals surface area contributed by atoms with E-state index < -0.39 is 18.1 Å². The molecule has 13 nitrogen and oxygen atoms in total. The van der Waals surface area contributed by atoms with Crippen LogP contribution in [0, 0.1) is 29.6 Å². The predicted molar refractivity (Wildman–Crippen MR) is 222 cm³/mol. The number of aromatic nitrogens is 4. The maximum Gasteiger partial charge on any atom is 0.407 e. The number of nitrogens with one attached hydrogen (secondary N) is 3. The number of H-pyrrole nitrogens is 2. The van der Waals surface area contributed by atoms with E-state index in [0.717, 1.165) is 68.8 Å². The van der Waals surface area contributed by atoms with Crippen molar-refractivity contribution in [2.24, 2.45) is 29.6 Å². The van der Waals surface area contributed by atoms with Crippen molar-refractivity contribution < 1.29 is 28.7 Å². The lowest BCUT2D eigenvalue weighted by Gasteiger charge is -2.30. The van der Waals surface area contributed by atoms with Gasteiger partial charge in [0.1, 0.15) is 17.7 Å². The first-order chi connectivity index (χ1) is 27.7. The molecule has 0 unspecified atom stereocenters. The van der Waals surface area contributed by atoms with Crippen LogP contribution in [0.15, 0.2) is 60.7 Å². The number of carbonyl (C=O) groups is 4. The Bertz CT molecular complexity index is 2150. The van der Waals surface area contributed by atoms with Crippen LogP contribution in [0.4, 0.5) is 4.79 Å². The molecule has 13 heteroatoms. The average Bonchev–Trinajstić information content (AvgIpc) is 4.01. The number of fused-ring (bicyclic) bond motifs is 2. The van der Waals surface area contributed by atoms with E-state index in [1.54, 1.807) is 0 Å². The molecule has 0 radical (unpaired) electrons. The van der Waals surface area contributed by atoms with Crippen molar-refractivity contribution in [1.29, 1.82) is 0 Å². The van der Waals surface area contributed by atoms with Gasteiger partial charge in [-0.3, -0.25) is 14.4 Å². The van der Waals surface area contributed by atoms with Gasteiger partial charge in [0.05, 0.1) is 60.7 Å². The third-order valence-corrected chi connectivity index (χ3v) is 11.9. The minimum atomic E-state index is -0.703. The number of rotatable bonds is 11. The zero-order valence-electron chi connectivity index (χ0n) is 34.7. The smallest absolute Gasteiger partial charge is 0.407 e. The number of esters is 1. The van der Waals surface area contributed by atoms with Crippen LogP contribution in [0.25, 0.3) is 44.3 Å². The molecule has 6 atom stereocenters. The van der Waals surface area contributed by atoms with Crippen LogP contribution in [-0.4, -0.2) is 87.0 Å². The Morgan fingerprint density at radius 3 is 1.59 bits per heavy atom. The fourth-order valence-corrected chi connectivity index (χ4v) is 8.65. The number of aromatic amines is 2. The van der Waals surface area contributed by atoms with Crippen molar-refractivity contribution in [3.8, 4) is 22.3 Å². The summed E-state index contributed by atoms with van der Waals surface area (Å²) in [5.74, 6) is 0.946. The van der Waals surface area contributed by atoms with E-state index in [9.17, 15) is 19.2 Å². The first-order valence-corrected chi connectivity index (χ1v) is 20.4. The predicted octanol–water partition coefficient (Wildman–Crippen LogP) is 7.81. The molecule has 0 aliphatic carbocycles. The van der Waals surface area contributed by atoms with Crippen molar-refractivity contribution >= 4 is 45.9 Å². The van der Waals surface area contributed by atoms with E-state index in [2.05, 4.69) is 77.7 Å². The van der Waals surface area contributed by atoms with Gasteiger partial charge in [-0.15, -0.1) is 0 Å². The molecule has 0 saturated carbocycles. The number of amides is 3. The number of methoxy groups -OCH3 is 2. The molecular formula is C45H55N7O6. The monoisotopic (exact) mass is 789 g/mol. The van der Waals surface area contributed by atoms with Crippen LogP contribution < -0.4 is 5.32 Å². The van der Waals surface area contributed by atoms with Crippen LogP contribution >= 0.6 is 0 Å². The number of hydrogen-bond acceptors (Lipinski definition) is 8. The van der Waals surface area contributed by atoms with Crippen LogP contribution in [0.5, 0.6) is 0 Å². The number of nitrogens with zero attached hydrogens (tertiary/aromatic N) is 4. The van der Waals surface area contributed by atoms with E-state index in [1.165, 1.54) is 14.2 Å². The Kier molecular flexibility index (Phi) is 11.6. The second-order valence-electron chi connectivity index (χ2n) is 17.0. The number of hydrogen-bond donors (Lipinski definition) is 3. The van der Waals surface area contributed by atoms with Gasteiger partial charge < -0.3 is 34.6 Å². The highest BCUT2D eigenvalue weighted by atomic mass is 16.5. The molecule has 7 rings (SSSR count). The maximum atomic E-state index is 13.8. The SMILES string of the molecule is COC(=O)C[C@H](C(=O)N1C[C@@H](C)C[C@H]1c1nc2ccc(-c3ccc(-c4ccc5nc([C@@H]6C[C@H](C)CN6C(=O)[C@@H](NC(=O)OC)C(C)C)[nH]c5c4)cc3)cc2[nH]1)C(C)C. The topological polar surface area (TPSA) is 163 Å². The minimum Gasteiger partial charge on any atom is -0.469 e. The molecule has 5 aromatic rings. The molecule has 2 aliphatic heterocycles. The summed E-state index contributed by atoms with van der Waals surface area (Å²) in [6.45, 7) is 13.2. The van der Waals surface area contributed by atoms with Gasteiger partial charge in [0.15, 0.2) is 0 Å². The number of ether oxygens (including phenoxy) is 2. The number of alkyl carbamates (subject to hydrolysis) is 1. The van der Waals surface area contributed by atoms with Gasteiger partial charge in [-0.1, -0.05) is 77.9 Å². The lowest BCUT2D eigenvalue weighted by atomic mass is 9.91. The third kappa shape index (κ3) is 8.17. The molecule has 2 aliphatic rings. The van der Waals surface area contributed by atoms with E-state index in [4.69, 9.17) is 19.4 Å². The molecule has 4 heterocycles. The molecular weight excluding hydrogens is 735 g/mol. The van der Waals surface area contributed by atoms with E-state index >= 15 is 0 Å². The summed E-state index contributed by atoms with van der Waals surface area (Å²) in [5, 5.41) is 2.72. The first-order valence-electron chi connectivity index (χ1n) is 20.4. The molecule has 3 N–H and O–H groups in total. The Morgan fingerprint density at radius 1 is 0.690 bits per heavy atom. The lowest BCUT2D eigenvalue weighted by molar-refractivity contribution is -0.148. The summed E-state index contributed by atoms with van der Waals surface area (Å²) in [6, 6.07) is 19.6. The highest BCUT2D eigenvalue weighted by molar-refractivity contribution is 5.88. The number of likely N-dealkylation sites (tertiary alicyclic amines) is 2. The number of benzene rings is 3. The van der Waals surface area contributed by atoms with E-state index in [-0.39, 0.29) is 54.0 Å². The van der Waals surface area contributed by atoms with E-state index in [1.807, 2.05) is 49.6 Å². The maximum absolute atomic E-state index is 13.8. The quantitative estimate of drug-likeness (QED) is 0.114. The Hall–Kier alpha value is -5.72. The fourth-order valence-electron chi connectivity index (χ4n) is 8.65. The van der Waals surface area contributed by atoms with Gasteiger partial charge in [0, 0.05) is 13.1 Å². The highest BCUT2D eigenvalue weighted by Crippen LogP contribution is 2.39. The summed E-state index contributed by atoms with van der Waals surface area (Å²) < 4.78 is 9.70. The van der Waals surface area contributed by atoms with Crippen molar-refractivity contribution in [1.82, 2.24) is 35.1 Å². The number of imidazole rings is 2. The Balaban J connectivity index is 1.08. The van der Waals surface area contributed by atoms with Gasteiger partial charge in [-0.2, -0.15) is 0 Å². The molecule has 3 amide bonds. The zero-order valence-corrected chi connectivity index (χ0v) is 34.7. The molecule has 2 aromatic heterocycles. The Labute approximate surface area is 339 Å². The van der Waals surface area contributed by atoms with Gasteiger partial charge in [0.2, 0.25) is 11.8 Å². The number of carbonyl (C=O) groups excluding carboxylic acids is 4. The van der Waals surface area contributed by atoms with E-state index in [0.29, 0.717) is 19.0 Å². The average molecular weight is 790 g/mol. The highest BCUT2D eigenvalue weighted by Gasteiger charge is 2.41. The Morgan fingerprint density at radius 2 is 1.16 bits per heavy atom. The van der Waals surface area contributed by atoms with Crippen molar-refractivity contribution in [2.75, 3.05) is 27.3 Å². The van der Waals surface area contributed by atoms with Crippen molar-refractivity contribution in [3.05, 3.63) is 72.3 Å². The minimum absolute atomic E-state index is 0.00695. The zero-order chi connectivity index (χ0) is 41.4. The summed E-state index contributed by atoms with van der Waals surface area (Å²) in [4.78, 5) is 72.5. The van der Waals surface area contributed by atoms with Gasteiger partial charge >= 0.3 is 12.1 Å². The normalized spacial score (nSPS) is 20.6. The second-order valence-corrected chi connectivity index (χ2v) is 17.0. The largest absolute Gasteiger partial charge is 0.469 e. The van der Waals surface area contributed by atoms with Crippen LogP contribution in [0.2, 0.25) is 0 Å².